The summed E-state index contributed by atoms with van der Waals surface area (Å²) in [5.74, 6) is 0.714. The van der Waals surface area contributed by atoms with Crippen LogP contribution < -0.4 is 9.64 Å². The third kappa shape index (κ3) is 3.71. The average molecular weight is 291 g/mol. The highest BCUT2D eigenvalue weighted by Gasteiger charge is 2.05. The summed E-state index contributed by atoms with van der Waals surface area (Å²) in [7, 11) is 1.73. The number of hydrogen-bond donors (Lipinski definition) is 0. The molecule has 0 aliphatic rings. The number of hydrogen-bond acceptors (Lipinski definition) is 3. The van der Waals surface area contributed by atoms with Gasteiger partial charge in [0.05, 0.1) is 10.7 Å². The monoisotopic (exact) mass is 290 g/mol. The number of amides is 1. The molecule has 0 fully saturated rings. The van der Waals surface area contributed by atoms with Crippen LogP contribution in [-0.4, -0.2) is 17.9 Å². The van der Waals surface area contributed by atoms with Crippen molar-refractivity contribution in [2.24, 2.45) is 0 Å². The zero-order valence-corrected chi connectivity index (χ0v) is 12.1. The third-order valence-electron chi connectivity index (χ3n) is 2.87. The van der Waals surface area contributed by atoms with Gasteiger partial charge in [-0.2, -0.15) is 0 Å². The van der Waals surface area contributed by atoms with Crippen LogP contribution in [0.25, 0.3) is 0 Å². The zero-order valence-electron chi connectivity index (χ0n) is 11.3. The summed E-state index contributed by atoms with van der Waals surface area (Å²) in [6.07, 6.45) is 1.59. The normalized spacial score (nSPS) is 10.2. The van der Waals surface area contributed by atoms with E-state index in [1.165, 1.54) is 6.92 Å². The van der Waals surface area contributed by atoms with Crippen LogP contribution in [0.3, 0.4) is 0 Å². The van der Waals surface area contributed by atoms with Crippen LogP contribution in [0.1, 0.15) is 12.6 Å². The molecule has 0 aliphatic carbocycles. The quantitative estimate of drug-likeness (QED) is 0.868. The smallest absolute Gasteiger partial charge is 0.223 e. The van der Waals surface area contributed by atoms with Gasteiger partial charge in [-0.1, -0.05) is 11.6 Å². The lowest BCUT2D eigenvalue weighted by Gasteiger charge is -2.15. The Morgan fingerprint density at radius 1 is 1.25 bits per heavy atom. The number of ether oxygens (including phenoxy) is 1. The van der Waals surface area contributed by atoms with Crippen LogP contribution in [-0.2, 0) is 11.4 Å². The molecular weight excluding hydrogens is 276 g/mol. The lowest BCUT2D eigenvalue weighted by atomic mass is 10.3. The molecule has 2 aromatic rings. The fourth-order valence-corrected chi connectivity index (χ4v) is 1.71. The van der Waals surface area contributed by atoms with Gasteiger partial charge in [0.15, 0.2) is 0 Å². The molecule has 2 rings (SSSR count). The van der Waals surface area contributed by atoms with E-state index in [0.717, 1.165) is 17.1 Å². The van der Waals surface area contributed by atoms with Crippen LogP contribution in [0.5, 0.6) is 5.75 Å². The lowest BCUT2D eigenvalue weighted by Crippen LogP contribution is -2.22. The number of nitrogens with zero attached hydrogens (tertiary/aromatic N) is 2. The summed E-state index contributed by atoms with van der Waals surface area (Å²) in [5.41, 5.74) is 1.63. The lowest BCUT2D eigenvalue weighted by molar-refractivity contribution is -0.116. The molecule has 5 heteroatoms. The summed E-state index contributed by atoms with van der Waals surface area (Å²) in [5, 5.41) is 0.602. The standard InChI is InChI=1S/C15H15ClN2O2/c1-11(19)18(2)14-5-7-15(8-6-14)20-10-13-4-3-12(16)9-17-13/h3-9H,10H2,1-2H3. The van der Waals surface area contributed by atoms with Gasteiger partial charge in [-0.15, -0.1) is 0 Å². The fraction of sp³-hybridized carbons (Fsp3) is 0.200. The van der Waals surface area contributed by atoms with Crippen LogP contribution >= 0.6 is 11.6 Å². The molecular formula is C15H15ClN2O2. The van der Waals surface area contributed by atoms with Gasteiger partial charge in [0.25, 0.3) is 0 Å². The summed E-state index contributed by atoms with van der Waals surface area (Å²) in [6.45, 7) is 1.90. The second-order valence-electron chi connectivity index (χ2n) is 4.33. The molecule has 0 radical (unpaired) electrons. The van der Waals surface area contributed by atoms with Crippen molar-refractivity contribution in [2.45, 2.75) is 13.5 Å². The van der Waals surface area contributed by atoms with Crippen molar-refractivity contribution in [1.29, 1.82) is 0 Å². The minimum absolute atomic E-state index is 0.0102. The number of rotatable bonds is 4. The van der Waals surface area contributed by atoms with Crippen LogP contribution in [0, 0.1) is 0 Å². The molecule has 1 aromatic carbocycles. The van der Waals surface area contributed by atoms with Crippen molar-refractivity contribution < 1.29 is 9.53 Å². The van der Waals surface area contributed by atoms with Crippen molar-refractivity contribution in [2.75, 3.05) is 11.9 Å². The molecule has 1 aromatic heterocycles. The Morgan fingerprint density at radius 2 is 1.95 bits per heavy atom. The van der Waals surface area contributed by atoms with Gasteiger partial charge in [0, 0.05) is 25.9 Å². The maximum Gasteiger partial charge on any atom is 0.223 e. The summed E-state index contributed by atoms with van der Waals surface area (Å²) >= 11 is 5.77. The van der Waals surface area contributed by atoms with Gasteiger partial charge < -0.3 is 9.64 Å². The first kappa shape index (κ1) is 14.3. The molecule has 0 spiro atoms. The summed E-state index contributed by atoms with van der Waals surface area (Å²) in [6, 6.07) is 10.9. The van der Waals surface area contributed by atoms with E-state index in [1.807, 2.05) is 30.3 Å². The minimum Gasteiger partial charge on any atom is -0.487 e. The number of pyridine rings is 1. The fourth-order valence-electron chi connectivity index (χ4n) is 1.60. The van der Waals surface area contributed by atoms with Gasteiger partial charge in [0.2, 0.25) is 5.91 Å². The van der Waals surface area contributed by atoms with E-state index < -0.39 is 0 Å². The predicted octanol–water partition coefficient (Wildman–Crippen LogP) is 3.30. The van der Waals surface area contributed by atoms with E-state index in [0.29, 0.717) is 11.6 Å². The zero-order chi connectivity index (χ0) is 14.5. The van der Waals surface area contributed by atoms with Gasteiger partial charge in [-0.3, -0.25) is 9.78 Å². The first-order valence-electron chi connectivity index (χ1n) is 6.14. The average Bonchev–Trinajstić information content (AvgIpc) is 2.46. The Kier molecular flexibility index (Phi) is 4.58. The highest BCUT2D eigenvalue weighted by Crippen LogP contribution is 2.19. The Morgan fingerprint density at radius 3 is 2.50 bits per heavy atom. The van der Waals surface area contributed by atoms with E-state index in [2.05, 4.69) is 4.98 Å². The summed E-state index contributed by atoms with van der Waals surface area (Å²) < 4.78 is 5.62. The van der Waals surface area contributed by atoms with E-state index in [9.17, 15) is 4.79 Å². The largest absolute Gasteiger partial charge is 0.487 e. The van der Waals surface area contributed by atoms with Crippen molar-refractivity contribution >= 4 is 23.2 Å². The number of anilines is 1. The first-order valence-corrected chi connectivity index (χ1v) is 6.51. The molecule has 0 aliphatic heterocycles. The van der Waals surface area contributed by atoms with Crippen molar-refractivity contribution in [1.82, 2.24) is 4.98 Å². The SMILES string of the molecule is CC(=O)N(C)c1ccc(OCc2ccc(Cl)cn2)cc1. The highest BCUT2D eigenvalue weighted by molar-refractivity contribution is 6.30. The molecule has 4 nitrogen and oxygen atoms in total. The van der Waals surface area contributed by atoms with Crippen LogP contribution in [0.2, 0.25) is 5.02 Å². The predicted molar refractivity (Wildman–Crippen MR) is 79.1 cm³/mol. The summed E-state index contributed by atoms with van der Waals surface area (Å²) in [4.78, 5) is 17.0. The number of aromatic nitrogens is 1. The second kappa shape index (κ2) is 6.39. The van der Waals surface area contributed by atoms with Gasteiger partial charge in [-0.05, 0) is 36.4 Å². The molecule has 0 unspecified atom stereocenters. The maximum atomic E-state index is 11.2. The molecule has 20 heavy (non-hydrogen) atoms. The van der Waals surface area contributed by atoms with Gasteiger partial charge >= 0.3 is 0 Å². The highest BCUT2D eigenvalue weighted by atomic mass is 35.5. The first-order chi connectivity index (χ1) is 9.56. The van der Waals surface area contributed by atoms with Gasteiger partial charge in [0.1, 0.15) is 12.4 Å². The van der Waals surface area contributed by atoms with Crippen LogP contribution in [0.15, 0.2) is 42.6 Å². The van der Waals surface area contributed by atoms with Crippen LogP contribution in [0.4, 0.5) is 5.69 Å². The Hall–Kier alpha value is -2.07. The Balaban J connectivity index is 1.97. The molecule has 0 N–H and O–H groups in total. The minimum atomic E-state index is -0.0102. The molecule has 0 atom stereocenters. The van der Waals surface area contributed by atoms with E-state index in [-0.39, 0.29) is 5.91 Å². The number of carbonyl (C=O) groups is 1. The number of carbonyl (C=O) groups excluding carboxylic acids is 1. The van der Waals surface area contributed by atoms with Crippen molar-refractivity contribution in [3.63, 3.8) is 0 Å². The van der Waals surface area contributed by atoms with Crippen molar-refractivity contribution in [3.05, 3.63) is 53.3 Å². The molecule has 0 saturated carbocycles. The third-order valence-corrected chi connectivity index (χ3v) is 3.10. The molecule has 0 saturated heterocycles. The van der Waals surface area contributed by atoms with E-state index in [1.54, 1.807) is 24.2 Å². The van der Waals surface area contributed by atoms with Gasteiger partial charge in [-0.25, -0.2) is 0 Å². The van der Waals surface area contributed by atoms with Crippen molar-refractivity contribution in [3.8, 4) is 5.75 Å². The molecule has 1 amide bonds. The topological polar surface area (TPSA) is 42.4 Å². The van der Waals surface area contributed by atoms with E-state index >= 15 is 0 Å². The molecule has 104 valence electrons. The molecule has 0 bridgehead atoms. The number of halogens is 1. The Labute approximate surface area is 123 Å². The Bertz CT molecular complexity index is 582. The second-order valence-corrected chi connectivity index (χ2v) is 4.76. The maximum absolute atomic E-state index is 11.2. The number of benzene rings is 1. The van der Waals surface area contributed by atoms with E-state index in [4.69, 9.17) is 16.3 Å². The molecule has 1 heterocycles.